The van der Waals surface area contributed by atoms with Crippen LogP contribution in [0.1, 0.15) is 42.5 Å². The van der Waals surface area contributed by atoms with Gasteiger partial charge in [0.15, 0.2) is 11.5 Å². The second kappa shape index (κ2) is 11.7. The molecule has 10 nitrogen and oxygen atoms in total. The van der Waals surface area contributed by atoms with Crippen LogP contribution >= 0.6 is 0 Å². The van der Waals surface area contributed by atoms with E-state index < -0.39 is 6.04 Å². The standard InChI is InChI=1S/C32H30N6O4/c1-21(2)23-9-11-24(12-10-23)31(32(40)34-25-13-14-28-29(16-25)42-20-41-28)37(18-22-6-5-15-33-17-22)30(39)19-38-27-8-4-3-7-26(27)35-36-38/h3-17,21,31H,18-20H2,1-2H3,(H,34,40)/t31-/m1/s1. The highest BCUT2D eigenvalue weighted by molar-refractivity contribution is 5.98. The fourth-order valence-corrected chi connectivity index (χ4v) is 4.99. The van der Waals surface area contributed by atoms with Crippen LogP contribution in [0.15, 0.2) is 91.3 Å². The van der Waals surface area contributed by atoms with Gasteiger partial charge in [-0.05, 0) is 52.9 Å². The number of anilines is 1. The second-order valence-corrected chi connectivity index (χ2v) is 10.4. The normalized spacial score (nSPS) is 12.8. The van der Waals surface area contributed by atoms with Gasteiger partial charge >= 0.3 is 0 Å². The van der Waals surface area contributed by atoms with E-state index in [4.69, 9.17) is 9.47 Å². The van der Waals surface area contributed by atoms with E-state index in [2.05, 4.69) is 34.5 Å². The summed E-state index contributed by atoms with van der Waals surface area (Å²) in [5.41, 5.74) is 4.55. The lowest BCUT2D eigenvalue weighted by atomic mass is 9.97. The molecule has 3 aromatic carbocycles. The molecule has 212 valence electrons. The minimum absolute atomic E-state index is 0.0986. The molecule has 0 aliphatic carbocycles. The van der Waals surface area contributed by atoms with Gasteiger partial charge in [0.05, 0.1) is 5.52 Å². The van der Waals surface area contributed by atoms with E-state index in [0.29, 0.717) is 34.2 Å². The van der Waals surface area contributed by atoms with Gasteiger partial charge in [0, 0.05) is 30.7 Å². The maximum absolute atomic E-state index is 14.2. The maximum atomic E-state index is 14.2. The van der Waals surface area contributed by atoms with Crippen LogP contribution in [0.5, 0.6) is 11.5 Å². The van der Waals surface area contributed by atoms with Crippen LogP contribution in [-0.2, 0) is 22.7 Å². The predicted octanol–water partition coefficient (Wildman–Crippen LogP) is 5.09. The molecule has 0 radical (unpaired) electrons. The van der Waals surface area contributed by atoms with Gasteiger partial charge in [-0.1, -0.05) is 61.5 Å². The number of hydrogen-bond donors (Lipinski definition) is 1. The molecule has 1 aliphatic heterocycles. The quantitative estimate of drug-likeness (QED) is 0.266. The second-order valence-electron chi connectivity index (χ2n) is 10.4. The summed E-state index contributed by atoms with van der Waals surface area (Å²) in [4.78, 5) is 34.1. The summed E-state index contributed by atoms with van der Waals surface area (Å²) in [6.07, 6.45) is 3.37. The molecule has 0 saturated carbocycles. The van der Waals surface area contributed by atoms with E-state index >= 15 is 0 Å². The molecule has 0 unspecified atom stereocenters. The molecule has 1 aliphatic rings. The highest BCUT2D eigenvalue weighted by Gasteiger charge is 2.33. The SMILES string of the molecule is CC(C)c1ccc([C@H](C(=O)Nc2ccc3c(c2)OCO3)N(Cc2cccnc2)C(=O)Cn2nnc3ccccc32)cc1. The van der Waals surface area contributed by atoms with E-state index in [1.807, 2.05) is 60.7 Å². The van der Waals surface area contributed by atoms with Crippen molar-refractivity contribution in [1.29, 1.82) is 0 Å². The van der Waals surface area contributed by atoms with Crippen LogP contribution in [0, 0.1) is 0 Å². The lowest BCUT2D eigenvalue weighted by molar-refractivity contribution is -0.140. The van der Waals surface area contributed by atoms with Crippen LogP contribution < -0.4 is 14.8 Å². The highest BCUT2D eigenvalue weighted by atomic mass is 16.7. The third kappa shape index (κ3) is 5.64. The fourth-order valence-electron chi connectivity index (χ4n) is 4.99. The smallest absolute Gasteiger partial charge is 0.251 e. The zero-order valence-electron chi connectivity index (χ0n) is 23.3. The number of para-hydroxylation sites is 1. The fraction of sp³-hybridized carbons (Fsp3) is 0.219. The summed E-state index contributed by atoms with van der Waals surface area (Å²) in [5.74, 6) is 0.808. The zero-order valence-corrected chi connectivity index (χ0v) is 23.3. The lowest BCUT2D eigenvalue weighted by Gasteiger charge is -2.32. The molecule has 1 atom stereocenters. The largest absolute Gasteiger partial charge is 0.454 e. The summed E-state index contributed by atoms with van der Waals surface area (Å²) in [6.45, 7) is 4.41. The summed E-state index contributed by atoms with van der Waals surface area (Å²) in [6, 6.07) is 23.2. The van der Waals surface area contributed by atoms with Gasteiger partial charge in [-0.15, -0.1) is 5.10 Å². The number of amides is 2. The van der Waals surface area contributed by atoms with E-state index in [9.17, 15) is 9.59 Å². The number of aromatic nitrogens is 4. The molecule has 0 saturated heterocycles. The Morgan fingerprint density at radius 1 is 0.952 bits per heavy atom. The third-order valence-corrected chi connectivity index (χ3v) is 7.22. The van der Waals surface area contributed by atoms with Crippen LogP contribution in [0.4, 0.5) is 5.69 Å². The minimum atomic E-state index is -0.959. The third-order valence-electron chi connectivity index (χ3n) is 7.22. The Labute approximate surface area is 242 Å². The number of rotatable bonds is 9. The van der Waals surface area contributed by atoms with E-state index in [0.717, 1.165) is 16.6 Å². The Morgan fingerprint density at radius 2 is 1.74 bits per heavy atom. The number of carbonyl (C=O) groups is 2. The molecule has 0 spiro atoms. The van der Waals surface area contributed by atoms with Gasteiger partial charge in [-0.3, -0.25) is 14.6 Å². The van der Waals surface area contributed by atoms with Crippen molar-refractivity contribution in [3.8, 4) is 11.5 Å². The number of hydrogen-bond acceptors (Lipinski definition) is 7. The summed E-state index contributed by atoms with van der Waals surface area (Å²) in [7, 11) is 0. The Morgan fingerprint density at radius 3 is 2.52 bits per heavy atom. The highest BCUT2D eigenvalue weighted by Crippen LogP contribution is 2.35. The number of pyridine rings is 1. The number of carbonyl (C=O) groups excluding carboxylic acids is 2. The molecule has 42 heavy (non-hydrogen) atoms. The van der Waals surface area contributed by atoms with Gasteiger partial charge < -0.3 is 19.7 Å². The van der Waals surface area contributed by atoms with Crippen molar-refractivity contribution in [2.45, 2.75) is 38.9 Å². The van der Waals surface area contributed by atoms with Crippen molar-refractivity contribution in [3.05, 3.63) is 108 Å². The van der Waals surface area contributed by atoms with Crippen molar-refractivity contribution in [2.24, 2.45) is 0 Å². The average Bonchev–Trinajstić information content (AvgIpc) is 3.64. The van der Waals surface area contributed by atoms with Crippen LogP contribution in [0.2, 0.25) is 0 Å². The summed E-state index contributed by atoms with van der Waals surface area (Å²) in [5, 5.41) is 11.4. The maximum Gasteiger partial charge on any atom is 0.251 e. The summed E-state index contributed by atoms with van der Waals surface area (Å²) < 4.78 is 12.5. The number of nitrogens with one attached hydrogen (secondary N) is 1. The van der Waals surface area contributed by atoms with Gasteiger partial charge in [0.1, 0.15) is 18.1 Å². The monoisotopic (exact) mass is 562 g/mol. The Hall–Kier alpha value is -5.25. The van der Waals surface area contributed by atoms with E-state index in [1.165, 1.54) is 0 Å². The van der Waals surface area contributed by atoms with Gasteiger partial charge in [-0.25, -0.2) is 4.68 Å². The van der Waals surface area contributed by atoms with Crippen molar-refractivity contribution >= 4 is 28.5 Å². The molecule has 6 rings (SSSR count). The van der Waals surface area contributed by atoms with E-state index in [1.54, 1.807) is 40.2 Å². The molecule has 0 bridgehead atoms. The molecule has 1 N–H and O–H groups in total. The molecule has 2 aromatic heterocycles. The number of nitrogens with zero attached hydrogens (tertiary/aromatic N) is 5. The molecular weight excluding hydrogens is 532 g/mol. The van der Waals surface area contributed by atoms with Gasteiger partial charge in [0.25, 0.3) is 5.91 Å². The molecular formula is C32H30N6O4. The van der Waals surface area contributed by atoms with Crippen molar-refractivity contribution in [3.63, 3.8) is 0 Å². The summed E-state index contributed by atoms with van der Waals surface area (Å²) >= 11 is 0. The minimum Gasteiger partial charge on any atom is -0.454 e. The first-order valence-corrected chi connectivity index (χ1v) is 13.7. The van der Waals surface area contributed by atoms with Crippen molar-refractivity contribution in [1.82, 2.24) is 24.9 Å². The van der Waals surface area contributed by atoms with Gasteiger partial charge in [-0.2, -0.15) is 0 Å². The first kappa shape index (κ1) is 26.9. The van der Waals surface area contributed by atoms with E-state index in [-0.39, 0.29) is 31.7 Å². The number of benzene rings is 3. The molecule has 10 heteroatoms. The van der Waals surface area contributed by atoms with Crippen molar-refractivity contribution in [2.75, 3.05) is 12.1 Å². The van der Waals surface area contributed by atoms with Crippen LogP contribution in [0.25, 0.3) is 11.0 Å². The van der Waals surface area contributed by atoms with Crippen molar-refractivity contribution < 1.29 is 19.1 Å². The Balaban J connectivity index is 1.39. The topological polar surface area (TPSA) is 111 Å². The first-order chi connectivity index (χ1) is 20.5. The van der Waals surface area contributed by atoms with Crippen LogP contribution in [0.3, 0.4) is 0 Å². The molecule has 3 heterocycles. The number of fused-ring (bicyclic) bond motifs is 2. The molecule has 0 fully saturated rings. The molecule has 5 aromatic rings. The Kier molecular flexibility index (Phi) is 7.50. The zero-order chi connectivity index (χ0) is 29.1. The molecule has 2 amide bonds. The Bertz CT molecular complexity index is 1720. The number of ether oxygens (including phenoxy) is 2. The van der Waals surface area contributed by atoms with Crippen LogP contribution in [-0.4, -0.2) is 43.5 Å². The average molecular weight is 563 g/mol. The lowest BCUT2D eigenvalue weighted by Crippen LogP contribution is -2.42. The predicted molar refractivity (Wildman–Crippen MR) is 157 cm³/mol. The first-order valence-electron chi connectivity index (χ1n) is 13.7. The van der Waals surface area contributed by atoms with Gasteiger partial charge in [0.2, 0.25) is 12.7 Å².